The van der Waals surface area contributed by atoms with Gasteiger partial charge in [-0.15, -0.1) is 11.3 Å². The summed E-state index contributed by atoms with van der Waals surface area (Å²) < 4.78 is 5.18. The Kier molecular flexibility index (Phi) is 5.57. The molecule has 0 amide bonds. The van der Waals surface area contributed by atoms with Gasteiger partial charge in [0.05, 0.1) is 23.4 Å². The molecule has 130 valence electrons. The van der Waals surface area contributed by atoms with Gasteiger partial charge in [0.1, 0.15) is 5.82 Å². The number of nitrogens with zero attached hydrogens (tertiary/aromatic N) is 3. The van der Waals surface area contributed by atoms with Crippen LogP contribution in [0.5, 0.6) is 0 Å². The smallest absolute Gasteiger partial charge is 0.305 e. The number of carboxylic acid groups (broad SMARTS) is 1. The summed E-state index contributed by atoms with van der Waals surface area (Å²) in [4.78, 5) is 23.4. The fraction of sp³-hybridized carbons (Fsp3) is 0.278. The molecule has 2 heterocycles. The summed E-state index contributed by atoms with van der Waals surface area (Å²) in [5, 5.41) is 12.0. The lowest BCUT2D eigenvalue weighted by Crippen LogP contribution is -2.30. The van der Waals surface area contributed by atoms with Gasteiger partial charge in [0.25, 0.3) is 0 Å². The Morgan fingerprint density at radius 1 is 1.20 bits per heavy atom. The van der Waals surface area contributed by atoms with Crippen LogP contribution in [0.2, 0.25) is 0 Å². The molecular weight excluding hydrogens is 338 g/mol. The lowest BCUT2D eigenvalue weighted by atomic mass is 10.2. The van der Waals surface area contributed by atoms with Gasteiger partial charge in [0.15, 0.2) is 5.82 Å². The topological polar surface area (TPSA) is 75.5 Å². The van der Waals surface area contributed by atoms with E-state index >= 15 is 0 Å². The van der Waals surface area contributed by atoms with Crippen molar-refractivity contribution < 1.29 is 14.6 Å². The lowest BCUT2D eigenvalue weighted by molar-refractivity contribution is -0.136. The largest absolute Gasteiger partial charge is 0.481 e. The van der Waals surface area contributed by atoms with Gasteiger partial charge in [-0.25, -0.2) is 9.97 Å². The average molecular weight is 357 g/mol. The molecule has 25 heavy (non-hydrogen) atoms. The standard InChI is InChI=1S/C18H19N3O3S/c1-24-11-10-21(9-8-16(22)23)18-13-5-2-3-6-14(13)19-17(20-18)15-7-4-12-25-15/h2-7,12H,8-11H2,1H3,(H,22,23). The first-order chi connectivity index (χ1) is 12.2. The van der Waals surface area contributed by atoms with E-state index in [-0.39, 0.29) is 6.42 Å². The Morgan fingerprint density at radius 3 is 2.76 bits per heavy atom. The number of rotatable bonds is 8. The van der Waals surface area contributed by atoms with Crippen LogP contribution in [0.1, 0.15) is 6.42 Å². The van der Waals surface area contributed by atoms with Gasteiger partial charge in [-0.05, 0) is 23.6 Å². The van der Waals surface area contributed by atoms with Crippen molar-refractivity contribution in [1.29, 1.82) is 0 Å². The number of para-hydroxylation sites is 1. The first-order valence-electron chi connectivity index (χ1n) is 7.95. The van der Waals surface area contributed by atoms with Crippen molar-refractivity contribution >= 4 is 34.0 Å². The lowest BCUT2D eigenvalue weighted by Gasteiger charge is -2.24. The first kappa shape index (κ1) is 17.3. The third kappa shape index (κ3) is 4.12. The molecule has 0 saturated carbocycles. The minimum absolute atomic E-state index is 0.0381. The molecule has 0 fully saturated rings. The monoisotopic (exact) mass is 357 g/mol. The molecule has 2 aromatic heterocycles. The summed E-state index contributed by atoms with van der Waals surface area (Å²) in [6, 6.07) is 11.7. The molecule has 0 aliphatic carbocycles. The maximum Gasteiger partial charge on any atom is 0.305 e. The minimum atomic E-state index is -0.834. The van der Waals surface area contributed by atoms with Crippen LogP contribution >= 0.6 is 11.3 Å². The molecule has 3 aromatic rings. The van der Waals surface area contributed by atoms with Crippen molar-refractivity contribution in [3.63, 3.8) is 0 Å². The van der Waals surface area contributed by atoms with Gasteiger partial charge in [-0.1, -0.05) is 18.2 Å². The fourth-order valence-electron chi connectivity index (χ4n) is 2.57. The third-order valence-corrected chi connectivity index (χ3v) is 4.65. The Labute approximate surface area is 149 Å². The molecule has 0 aliphatic heterocycles. The number of ether oxygens (including phenoxy) is 1. The molecule has 0 radical (unpaired) electrons. The van der Waals surface area contributed by atoms with Crippen LogP contribution < -0.4 is 4.90 Å². The van der Waals surface area contributed by atoms with Crippen molar-refractivity contribution in [3.05, 3.63) is 41.8 Å². The predicted octanol–water partition coefficient (Wildman–Crippen LogP) is 3.29. The molecule has 1 N–H and O–H groups in total. The SMILES string of the molecule is COCCN(CCC(=O)O)c1nc(-c2cccs2)nc2ccccc12. The summed E-state index contributed by atoms with van der Waals surface area (Å²) >= 11 is 1.58. The first-order valence-corrected chi connectivity index (χ1v) is 8.83. The van der Waals surface area contributed by atoms with E-state index in [0.717, 1.165) is 21.6 Å². The maximum absolute atomic E-state index is 11.0. The van der Waals surface area contributed by atoms with Gasteiger partial charge >= 0.3 is 5.97 Å². The molecule has 0 saturated heterocycles. The highest BCUT2D eigenvalue weighted by Gasteiger charge is 2.16. The molecule has 7 heteroatoms. The average Bonchev–Trinajstić information content (AvgIpc) is 3.15. The van der Waals surface area contributed by atoms with E-state index in [1.54, 1.807) is 18.4 Å². The molecule has 0 aliphatic rings. The normalized spacial score (nSPS) is 10.9. The number of carbonyl (C=O) groups is 1. The summed E-state index contributed by atoms with van der Waals surface area (Å²) in [6.45, 7) is 1.42. The molecule has 0 unspecified atom stereocenters. The molecule has 6 nitrogen and oxygen atoms in total. The number of benzene rings is 1. The number of aliphatic carboxylic acids is 1. The highest BCUT2D eigenvalue weighted by Crippen LogP contribution is 2.29. The fourth-order valence-corrected chi connectivity index (χ4v) is 3.23. The maximum atomic E-state index is 11.0. The number of hydrogen-bond acceptors (Lipinski definition) is 6. The highest BCUT2D eigenvalue weighted by molar-refractivity contribution is 7.13. The Hall–Kier alpha value is -2.51. The summed E-state index contributed by atoms with van der Waals surface area (Å²) in [5.41, 5.74) is 0.841. The Morgan fingerprint density at radius 2 is 2.04 bits per heavy atom. The van der Waals surface area contributed by atoms with Crippen LogP contribution in [0.4, 0.5) is 5.82 Å². The van der Waals surface area contributed by atoms with Crippen LogP contribution in [0, 0.1) is 0 Å². The molecule has 3 rings (SSSR count). The molecule has 0 spiro atoms. The van der Waals surface area contributed by atoms with E-state index in [0.29, 0.717) is 25.5 Å². The zero-order chi connectivity index (χ0) is 17.6. The van der Waals surface area contributed by atoms with E-state index in [1.165, 1.54) is 0 Å². The second kappa shape index (κ2) is 8.04. The number of fused-ring (bicyclic) bond motifs is 1. The number of aromatic nitrogens is 2. The van der Waals surface area contributed by atoms with E-state index in [1.807, 2.05) is 46.7 Å². The molecule has 1 aromatic carbocycles. The van der Waals surface area contributed by atoms with E-state index in [2.05, 4.69) is 4.98 Å². The zero-order valence-electron chi connectivity index (χ0n) is 13.9. The second-order valence-electron chi connectivity index (χ2n) is 5.49. The number of methoxy groups -OCH3 is 1. The summed E-state index contributed by atoms with van der Waals surface area (Å²) in [6.07, 6.45) is 0.0381. The van der Waals surface area contributed by atoms with Crippen LogP contribution in [0.15, 0.2) is 41.8 Å². The van der Waals surface area contributed by atoms with E-state index in [4.69, 9.17) is 14.8 Å². The second-order valence-corrected chi connectivity index (χ2v) is 6.44. The number of hydrogen-bond donors (Lipinski definition) is 1. The van der Waals surface area contributed by atoms with Crippen molar-refractivity contribution in [2.24, 2.45) is 0 Å². The van der Waals surface area contributed by atoms with E-state index < -0.39 is 5.97 Å². The van der Waals surface area contributed by atoms with Crippen LogP contribution in [-0.4, -0.2) is 47.8 Å². The van der Waals surface area contributed by atoms with Gasteiger partial charge in [-0.3, -0.25) is 4.79 Å². The van der Waals surface area contributed by atoms with Crippen molar-refractivity contribution in [1.82, 2.24) is 9.97 Å². The zero-order valence-corrected chi connectivity index (χ0v) is 14.7. The quantitative estimate of drug-likeness (QED) is 0.667. The highest BCUT2D eigenvalue weighted by atomic mass is 32.1. The van der Waals surface area contributed by atoms with E-state index in [9.17, 15) is 4.79 Å². The molecule has 0 bridgehead atoms. The van der Waals surface area contributed by atoms with Crippen molar-refractivity contribution in [3.8, 4) is 10.7 Å². The van der Waals surface area contributed by atoms with Gasteiger partial charge in [0.2, 0.25) is 0 Å². The summed E-state index contributed by atoms with van der Waals surface area (Å²) in [5.74, 6) is 0.563. The van der Waals surface area contributed by atoms with Gasteiger partial charge in [-0.2, -0.15) is 0 Å². The predicted molar refractivity (Wildman–Crippen MR) is 99.2 cm³/mol. The molecular formula is C18H19N3O3S. The van der Waals surface area contributed by atoms with Gasteiger partial charge in [0, 0.05) is 25.6 Å². The summed E-state index contributed by atoms with van der Waals surface area (Å²) in [7, 11) is 1.63. The number of anilines is 1. The van der Waals surface area contributed by atoms with Crippen LogP contribution in [0.3, 0.4) is 0 Å². The van der Waals surface area contributed by atoms with Crippen LogP contribution in [0.25, 0.3) is 21.6 Å². The molecule has 0 atom stereocenters. The number of thiophene rings is 1. The van der Waals surface area contributed by atoms with Crippen LogP contribution in [-0.2, 0) is 9.53 Å². The Bertz CT molecular complexity index is 852. The Balaban J connectivity index is 2.08. The third-order valence-electron chi connectivity index (χ3n) is 3.79. The van der Waals surface area contributed by atoms with Crippen molar-refractivity contribution in [2.75, 3.05) is 31.7 Å². The minimum Gasteiger partial charge on any atom is -0.481 e. The van der Waals surface area contributed by atoms with Crippen molar-refractivity contribution in [2.45, 2.75) is 6.42 Å². The number of carboxylic acids is 1. The van der Waals surface area contributed by atoms with Gasteiger partial charge < -0.3 is 14.7 Å².